The third-order valence-corrected chi connectivity index (χ3v) is 3.65. The summed E-state index contributed by atoms with van der Waals surface area (Å²) < 4.78 is 0. The second-order valence-electron chi connectivity index (χ2n) is 4.84. The largest absolute Gasteiger partial charge is 0.380 e. The number of hydrogen-bond donors (Lipinski definition) is 1. The molecule has 0 amide bonds. The van der Waals surface area contributed by atoms with Crippen LogP contribution in [0.15, 0.2) is 18.3 Å². The maximum absolute atomic E-state index is 8.99. The molecule has 1 aliphatic rings. The number of nitrogens with zero attached hydrogens (tertiary/aromatic N) is 2. The van der Waals surface area contributed by atoms with Crippen molar-refractivity contribution in [2.75, 3.05) is 5.32 Å². The highest BCUT2D eigenvalue weighted by atomic mass is 14.9. The van der Waals surface area contributed by atoms with E-state index in [1.54, 1.807) is 6.20 Å². The summed E-state index contributed by atoms with van der Waals surface area (Å²) in [5.74, 6) is 0.732. The SMILES string of the molecule is CC(Nc1cccnc1C#N)C1CCCCC1. The van der Waals surface area contributed by atoms with Crippen molar-refractivity contribution in [2.45, 2.75) is 45.1 Å². The van der Waals surface area contributed by atoms with Gasteiger partial charge in [0.05, 0.1) is 5.69 Å². The zero-order valence-electron chi connectivity index (χ0n) is 10.3. The topological polar surface area (TPSA) is 48.7 Å². The van der Waals surface area contributed by atoms with Crippen molar-refractivity contribution in [3.05, 3.63) is 24.0 Å². The molecular weight excluding hydrogens is 210 g/mol. The lowest BCUT2D eigenvalue weighted by Crippen LogP contribution is -2.28. The molecule has 90 valence electrons. The minimum Gasteiger partial charge on any atom is -0.380 e. The summed E-state index contributed by atoms with van der Waals surface area (Å²) >= 11 is 0. The van der Waals surface area contributed by atoms with E-state index < -0.39 is 0 Å². The van der Waals surface area contributed by atoms with E-state index in [1.165, 1.54) is 32.1 Å². The van der Waals surface area contributed by atoms with Crippen molar-refractivity contribution in [3.63, 3.8) is 0 Å². The lowest BCUT2D eigenvalue weighted by Gasteiger charge is -2.29. The summed E-state index contributed by atoms with van der Waals surface area (Å²) in [4.78, 5) is 4.07. The molecule has 1 unspecified atom stereocenters. The number of rotatable bonds is 3. The molecule has 0 bridgehead atoms. The van der Waals surface area contributed by atoms with Gasteiger partial charge in [-0.1, -0.05) is 19.3 Å². The molecule has 17 heavy (non-hydrogen) atoms. The fraction of sp³-hybridized carbons (Fsp3) is 0.571. The second-order valence-corrected chi connectivity index (χ2v) is 4.84. The van der Waals surface area contributed by atoms with E-state index in [0.29, 0.717) is 11.7 Å². The van der Waals surface area contributed by atoms with Crippen LogP contribution in [0.3, 0.4) is 0 Å². The van der Waals surface area contributed by atoms with Crippen LogP contribution in [0.2, 0.25) is 0 Å². The third kappa shape index (κ3) is 2.97. The predicted molar refractivity (Wildman–Crippen MR) is 68.6 cm³/mol. The fourth-order valence-electron chi connectivity index (χ4n) is 2.61. The highest BCUT2D eigenvalue weighted by Crippen LogP contribution is 2.28. The van der Waals surface area contributed by atoms with Crippen LogP contribution in [0, 0.1) is 17.2 Å². The number of hydrogen-bond acceptors (Lipinski definition) is 3. The average Bonchev–Trinajstić information content (AvgIpc) is 2.40. The van der Waals surface area contributed by atoms with Crippen LogP contribution >= 0.6 is 0 Å². The maximum Gasteiger partial charge on any atom is 0.163 e. The monoisotopic (exact) mass is 229 g/mol. The summed E-state index contributed by atoms with van der Waals surface area (Å²) in [6.45, 7) is 2.21. The van der Waals surface area contributed by atoms with Crippen molar-refractivity contribution in [1.29, 1.82) is 5.26 Å². The summed E-state index contributed by atoms with van der Waals surface area (Å²) in [5.41, 5.74) is 1.36. The molecule has 2 rings (SSSR count). The smallest absolute Gasteiger partial charge is 0.163 e. The van der Waals surface area contributed by atoms with E-state index in [2.05, 4.69) is 23.3 Å². The number of nitrogens with one attached hydrogen (secondary N) is 1. The quantitative estimate of drug-likeness (QED) is 0.864. The molecule has 1 saturated carbocycles. The van der Waals surface area contributed by atoms with Gasteiger partial charge in [0.1, 0.15) is 6.07 Å². The number of anilines is 1. The number of pyridine rings is 1. The van der Waals surface area contributed by atoms with Gasteiger partial charge in [0.2, 0.25) is 0 Å². The van der Waals surface area contributed by atoms with E-state index in [-0.39, 0.29) is 0 Å². The van der Waals surface area contributed by atoms with E-state index in [1.807, 2.05) is 12.1 Å². The van der Waals surface area contributed by atoms with Crippen molar-refractivity contribution in [1.82, 2.24) is 4.98 Å². The third-order valence-electron chi connectivity index (χ3n) is 3.65. The minimum absolute atomic E-state index is 0.423. The van der Waals surface area contributed by atoms with Gasteiger partial charge in [-0.25, -0.2) is 4.98 Å². The molecule has 0 radical (unpaired) electrons. The number of nitriles is 1. The van der Waals surface area contributed by atoms with E-state index in [9.17, 15) is 0 Å². The molecule has 3 nitrogen and oxygen atoms in total. The van der Waals surface area contributed by atoms with Crippen molar-refractivity contribution >= 4 is 5.69 Å². The highest BCUT2D eigenvalue weighted by Gasteiger charge is 2.20. The Bertz CT molecular complexity index is 402. The van der Waals surface area contributed by atoms with Crippen LogP contribution in [-0.2, 0) is 0 Å². The first-order valence-electron chi connectivity index (χ1n) is 6.43. The predicted octanol–water partition coefficient (Wildman–Crippen LogP) is 3.33. The number of aromatic nitrogens is 1. The standard InChI is InChI=1S/C14H19N3/c1-11(12-6-3-2-4-7-12)17-13-8-5-9-16-14(13)10-15/h5,8-9,11-12,17H,2-4,6-7H2,1H3. The van der Waals surface area contributed by atoms with Gasteiger partial charge in [-0.05, 0) is 37.8 Å². The van der Waals surface area contributed by atoms with Crippen LogP contribution in [0.5, 0.6) is 0 Å². The Morgan fingerprint density at radius 2 is 2.18 bits per heavy atom. The molecule has 1 fully saturated rings. The Morgan fingerprint density at radius 3 is 2.88 bits per heavy atom. The molecule has 1 heterocycles. The average molecular weight is 229 g/mol. The first-order valence-corrected chi connectivity index (χ1v) is 6.43. The van der Waals surface area contributed by atoms with Crippen LogP contribution in [0.25, 0.3) is 0 Å². The summed E-state index contributed by atoms with van der Waals surface area (Å²) in [7, 11) is 0. The lowest BCUT2D eigenvalue weighted by molar-refractivity contribution is 0.328. The van der Waals surface area contributed by atoms with Crippen molar-refractivity contribution in [3.8, 4) is 6.07 Å². The Balaban J connectivity index is 2.02. The summed E-state index contributed by atoms with van der Waals surface area (Å²) in [5, 5.41) is 12.4. The zero-order valence-corrected chi connectivity index (χ0v) is 10.3. The first kappa shape index (κ1) is 11.9. The van der Waals surface area contributed by atoms with Gasteiger partial charge in [-0.15, -0.1) is 0 Å². The van der Waals surface area contributed by atoms with Gasteiger partial charge in [0, 0.05) is 12.2 Å². The molecule has 1 aromatic heterocycles. The Hall–Kier alpha value is -1.56. The van der Waals surface area contributed by atoms with Crippen LogP contribution in [0.1, 0.15) is 44.7 Å². The summed E-state index contributed by atoms with van der Waals surface area (Å²) in [6.07, 6.45) is 8.32. The van der Waals surface area contributed by atoms with Crippen molar-refractivity contribution < 1.29 is 0 Å². The molecule has 1 aliphatic carbocycles. The van der Waals surface area contributed by atoms with Gasteiger partial charge in [0.15, 0.2) is 5.69 Å². The van der Waals surface area contributed by atoms with E-state index in [4.69, 9.17) is 5.26 Å². The minimum atomic E-state index is 0.423. The second kappa shape index (κ2) is 5.67. The Kier molecular flexibility index (Phi) is 3.98. The van der Waals surface area contributed by atoms with Crippen LogP contribution in [-0.4, -0.2) is 11.0 Å². The van der Waals surface area contributed by atoms with Crippen molar-refractivity contribution in [2.24, 2.45) is 5.92 Å². The maximum atomic E-state index is 8.99. The highest BCUT2D eigenvalue weighted by molar-refractivity contribution is 5.53. The summed E-state index contributed by atoms with van der Waals surface area (Å²) in [6, 6.07) is 6.36. The van der Waals surface area contributed by atoms with Gasteiger partial charge < -0.3 is 5.32 Å². The first-order chi connectivity index (χ1) is 8.31. The van der Waals surface area contributed by atoms with E-state index >= 15 is 0 Å². The Labute approximate surface area is 103 Å². The fourth-order valence-corrected chi connectivity index (χ4v) is 2.61. The van der Waals surface area contributed by atoms with Gasteiger partial charge in [-0.2, -0.15) is 5.26 Å². The molecule has 0 saturated heterocycles. The van der Waals surface area contributed by atoms with Gasteiger partial charge in [-0.3, -0.25) is 0 Å². The lowest BCUT2D eigenvalue weighted by atomic mass is 9.84. The molecule has 3 heteroatoms. The normalized spacial score (nSPS) is 18.4. The van der Waals surface area contributed by atoms with Gasteiger partial charge >= 0.3 is 0 Å². The molecule has 1 N–H and O–H groups in total. The molecule has 0 spiro atoms. The Morgan fingerprint density at radius 1 is 1.41 bits per heavy atom. The van der Waals surface area contributed by atoms with Gasteiger partial charge in [0.25, 0.3) is 0 Å². The molecule has 1 aromatic rings. The van der Waals surface area contributed by atoms with Crippen LogP contribution < -0.4 is 5.32 Å². The molecular formula is C14H19N3. The zero-order chi connectivity index (χ0) is 12.1. The molecule has 1 atom stereocenters. The molecule has 0 aromatic carbocycles. The molecule has 0 aliphatic heterocycles. The van der Waals surface area contributed by atoms with E-state index in [0.717, 1.165) is 11.6 Å². The van der Waals surface area contributed by atoms with Crippen LogP contribution in [0.4, 0.5) is 5.69 Å².